The minimum atomic E-state index is -2.05. The van der Waals surface area contributed by atoms with Crippen LogP contribution in [0.1, 0.15) is 111 Å². The molecule has 2 aliphatic heterocycles. The summed E-state index contributed by atoms with van der Waals surface area (Å²) in [5, 5.41) is 0. The molecule has 2 N–H and O–H groups in total. The van der Waals surface area contributed by atoms with Crippen LogP contribution in [0, 0.1) is 0 Å². The summed E-state index contributed by atoms with van der Waals surface area (Å²) in [6.45, 7) is 42.4. The van der Waals surface area contributed by atoms with Gasteiger partial charge in [-0.25, -0.2) is 0 Å². The molecule has 0 aromatic heterocycles. The van der Waals surface area contributed by atoms with Gasteiger partial charge in [-0.3, -0.25) is 0 Å². The summed E-state index contributed by atoms with van der Waals surface area (Å²) in [6, 6.07) is 0. The van der Waals surface area contributed by atoms with Gasteiger partial charge in [0, 0.05) is 0 Å². The third-order valence-electron chi connectivity index (χ3n) is 7.62. The minimum absolute atomic E-state index is 0.872. The summed E-state index contributed by atoms with van der Waals surface area (Å²) in [5.74, 6) is 0. The molecule has 0 amide bonds. The van der Waals surface area contributed by atoms with E-state index in [1.807, 2.05) is 0 Å². The van der Waals surface area contributed by atoms with Crippen LogP contribution < -0.4 is 9.72 Å². The second-order valence-corrected chi connectivity index (χ2v) is 148. The van der Waals surface area contributed by atoms with Crippen molar-refractivity contribution in [3.05, 3.63) is 0 Å². The molecule has 2 saturated heterocycles. The van der Waals surface area contributed by atoms with Crippen LogP contribution in [0.2, 0.25) is 0 Å². The van der Waals surface area contributed by atoms with Crippen molar-refractivity contribution in [2.75, 3.05) is 0 Å². The van der Waals surface area contributed by atoms with Crippen molar-refractivity contribution in [1.29, 1.82) is 0 Å². The normalized spacial score (nSPS) is 26.3. The summed E-state index contributed by atoms with van der Waals surface area (Å²) in [7, 11) is -2.05. The first-order valence-corrected chi connectivity index (χ1v) is 52.7. The predicted octanol–water partition coefficient (Wildman–Crippen LogP) is 8.10. The number of nitrogens with one attached hydrogen (secondary N) is 2. The molecule has 0 radical (unpaired) electrons. The van der Waals surface area contributed by atoms with E-state index in [0.29, 0.717) is 0 Å². The van der Waals surface area contributed by atoms with E-state index in [9.17, 15) is 0 Å². The molecule has 0 aromatic carbocycles. The van der Waals surface area contributed by atoms with Crippen molar-refractivity contribution in [2.45, 2.75) is 156 Å². The zero-order chi connectivity index (χ0) is 27.4. The Morgan fingerprint density at radius 3 is 0.600 bits per heavy atom. The van der Waals surface area contributed by atoms with Crippen LogP contribution in [-0.4, -0.2) is 99.9 Å². The van der Waals surface area contributed by atoms with Crippen molar-refractivity contribution in [3.8, 4) is 0 Å². The Balaban J connectivity index is 2.94. The van der Waals surface area contributed by atoms with Crippen LogP contribution in [0.5, 0.6) is 0 Å². The summed E-state index contributed by atoms with van der Waals surface area (Å²) in [5.41, 5.74) is 6.98. The van der Waals surface area contributed by atoms with E-state index < -0.39 is 33.7 Å². The number of hydrogen-bond acceptors (Lipinski definition) is 2. The quantitative estimate of drug-likeness (QED) is 0.190. The Hall–Kier alpha value is 4.51. The Labute approximate surface area is 241 Å². The standard InChI is InChI=1S/C24H58N2P4Se4Te/c1-17(2)27(18(3)4)25-28(19(5)6,20(7)8)32-35(31-27)33-29(21(9)10,22(11)12)26-30(34-35,23(13)14)24(15)16/h17-26H,1-16H3/q+4. The first-order valence-electron chi connectivity index (χ1n) is 13.6. The molecular formula is C24H58N2P4Se4Te+4. The summed E-state index contributed by atoms with van der Waals surface area (Å²) in [4.78, 5) is 9.74. The average Bonchev–Trinajstić information content (AvgIpc) is 2.71. The molecule has 35 heavy (non-hydrogen) atoms. The summed E-state index contributed by atoms with van der Waals surface area (Å²) >= 11 is 3.88. The molecule has 0 aromatic rings. The van der Waals surface area contributed by atoms with Crippen molar-refractivity contribution < 1.29 is 0 Å². The van der Waals surface area contributed by atoms with Gasteiger partial charge in [-0.15, -0.1) is 0 Å². The monoisotopic (exact) mass is 948 g/mol. The molecule has 2 rings (SSSR count). The summed E-state index contributed by atoms with van der Waals surface area (Å²) < 4.78 is 0. The zero-order valence-electron chi connectivity index (χ0n) is 25.4. The molecule has 0 aliphatic carbocycles. The molecule has 1 spiro atoms. The third-order valence-corrected chi connectivity index (χ3v) is 301. The van der Waals surface area contributed by atoms with Crippen molar-refractivity contribution in [1.82, 2.24) is 9.72 Å². The fourth-order valence-corrected chi connectivity index (χ4v) is 589. The molecule has 2 fully saturated rings. The van der Waals surface area contributed by atoms with Crippen molar-refractivity contribution in [3.63, 3.8) is 0 Å². The fourth-order valence-electron chi connectivity index (χ4n) is 5.24. The second-order valence-electron chi connectivity index (χ2n) is 12.5. The molecule has 0 saturated carbocycles. The molecule has 0 atom stereocenters. The SMILES string of the molecule is CC(C)[P+]1(C(C)C)N[P+](C(C)C)(C(C)C)[Se][Te]2([Se]1)[Se][P+](C(C)C)(C(C)C)N[P+](C(C)C)(C(C)C)[Se]2. The molecule has 11 heteroatoms. The van der Waals surface area contributed by atoms with Gasteiger partial charge in [0.2, 0.25) is 0 Å². The number of hydrogen-bond donors (Lipinski definition) is 2. The van der Waals surface area contributed by atoms with E-state index in [1.165, 1.54) is 0 Å². The Morgan fingerprint density at radius 1 is 0.343 bits per heavy atom. The predicted molar refractivity (Wildman–Crippen MR) is 184 cm³/mol. The third kappa shape index (κ3) is 6.55. The fraction of sp³-hybridized carbons (Fsp3) is 1.00. The van der Waals surface area contributed by atoms with Gasteiger partial charge >= 0.3 is 245 Å². The first kappa shape index (κ1) is 35.7. The average molecular weight is 942 g/mol. The van der Waals surface area contributed by atoms with E-state index in [1.54, 1.807) is 0 Å². The number of rotatable bonds is 8. The van der Waals surface area contributed by atoms with Crippen molar-refractivity contribution >= 4 is 79.0 Å². The van der Waals surface area contributed by atoms with Gasteiger partial charge in [0.05, 0.1) is 0 Å². The van der Waals surface area contributed by atoms with Gasteiger partial charge in [-0.1, -0.05) is 0 Å². The summed E-state index contributed by atoms with van der Waals surface area (Å²) in [6.07, 6.45) is -4.52. The molecule has 0 bridgehead atoms. The molecule has 0 unspecified atom stereocenters. The van der Waals surface area contributed by atoms with Crippen LogP contribution in [0.15, 0.2) is 0 Å². The van der Waals surface area contributed by atoms with Crippen LogP contribution in [0.4, 0.5) is 0 Å². The van der Waals surface area contributed by atoms with Gasteiger partial charge in [-0.05, 0) is 0 Å². The molecular weight excluding hydrogens is 884 g/mol. The van der Waals surface area contributed by atoms with Crippen LogP contribution in [0.25, 0.3) is 0 Å². The van der Waals surface area contributed by atoms with Gasteiger partial charge < -0.3 is 0 Å². The maximum absolute atomic E-state index is 4.87. The van der Waals surface area contributed by atoms with Crippen LogP contribution >= 0.6 is 24.4 Å². The van der Waals surface area contributed by atoms with Crippen molar-refractivity contribution in [2.24, 2.45) is 0 Å². The van der Waals surface area contributed by atoms with Gasteiger partial charge in [0.25, 0.3) is 0 Å². The van der Waals surface area contributed by atoms with E-state index >= 15 is 0 Å². The zero-order valence-corrected chi connectivity index (χ0v) is 38.2. The van der Waals surface area contributed by atoms with Crippen LogP contribution in [-0.2, 0) is 0 Å². The Morgan fingerprint density at radius 2 is 0.486 bits per heavy atom. The Bertz CT molecular complexity index is 583. The molecule has 2 heterocycles. The van der Waals surface area contributed by atoms with Crippen LogP contribution in [0.3, 0.4) is 0 Å². The second kappa shape index (κ2) is 13.0. The maximum atomic E-state index is 4.87. The molecule has 2 nitrogen and oxygen atoms in total. The van der Waals surface area contributed by atoms with E-state index in [-0.39, 0.29) is 0 Å². The van der Waals surface area contributed by atoms with Gasteiger partial charge in [-0.2, -0.15) is 0 Å². The Kier molecular flexibility index (Phi) is 13.3. The van der Waals surface area contributed by atoms with E-state index in [0.717, 1.165) is 90.6 Å². The first-order chi connectivity index (χ1) is 15.8. The topological polar surface area (TPSA) is 24.1 Å². The molecule has 210 valence electrons. The van der Waals surface area contributed by atoms with Gasteiger partial charge in [0.1, 0.15) is 0 Å². The van der Waals surface area contributed by atoms with E-state index in [2.05, 4.69) is 111 Å². The van der Waals surface area contributed by atoms with Gasteiger partial charge in [0.15, 0.2) is 0 Å². The van der Waals surface area contributed by atoms with E-state index in [4.69, 9.17) is 9.72 Å². The molecule has 2 aliphatic rings.